The minimum Gasteiger partial charge on any atom is -0.0836 e. The van der Waals surface area contributed by atoms with Crippen molar-refractivity contribution in [2.24, 2.45) is 0 Å². The molecule has 0 aliphatic heterocycles. The van der Waals surface area contributed by atoms with Gasteiger partial charge < -0.3 is 0 Å². The molecule has 1 aromatic carbocycles. The molecule has 0 N–H and O–H groups in total. The Balaban J connectivity index is 2.60. The molecule has 0 amide bonds. The molecule has 11 heavy (non-hydrogen) atoms. The Morgan fingerprint density at radius 1 is 1.36 bits per heavy atom. The van der Waals surface area contributed by atoms with Crippen LogP contribution in [0.4, 0.5) is 0 Å². The van der Waals surface area contributed by atoms with Crippen molar-refractivity contribution in [3.05, 3.63) is 40.7 Å². The summed E-state index contributed by atoms with van der Waals surface area (Å²) in [7, 11) is 0. The molecule has 0 fully saturated rings. The summed E-state index contributed by atoms with van der Waals surface area (Å²) in [5.41, 5.74) is 1.29. The molecule has 0 saturated heterocycles. The molecule has 1 aromatic rings. The van der Waals surface area contributed by atoms with Crippen molar-refractivity contribution in [1.82, 2.24) is 0 Å². The Kier molecular flexibility index (Phi) is 2.68. The second-order valence-electron chi connectivity index (χ2n) is 2.69. The lowest BCUT2D eigenvalue weighted by atomic mass is 10.1. The maximum atomic E-state index is 5.14. The van der Waals surface area contributed by atoms with E-state index >= 15 is 0 Å². The van der Waals surface area contributed by atoms with Crippen LogP contribution in [0.3, 0.4) is 0 Å². The van der Waals surface area contributed by atoms with Crippen LogP contribution in [0.2, 0.25) is 0 Å². The van der Waals surface area contributed by atoms with Gasteiger partial charge in [0.15, 0.2) is 0 Å². The van der Waals surface area contributed by atoms with Crippen LogP contribution in [0.15, 0.2) is 30.3 Å². The van der Waals surface area contributed by atoms with Crippen molar-refractivity contribution >= 4 is 0 Å². The first-order chi connectivity index (χ1) is 5.33. The Hall–Kier alpha value is -1.29. The molecule has 0 saturated carbocycles. The topological polar surface area (TPSA) is 4.36 Å². The van der Waals surface area contributed by atoms with Crippen molar-refractivity contribution in [1.29, 1.82) is 0 Å². The second kappa shape index (κ2) is 3.78. The normalized spacial score (nSPS) is 12.0. The fourth-order valence-corrected chi connectivity index (χ4v) is 1.01. The Morgan fingerprint density at radius 2 is 2.00 bits per heavy atom. The largest absolute Gasteiger partial charge is 0.273 e. The number of benzene rings is 1. The lowest BCUT2D eigenvalue weighted by Crippen LogP contribution is -1.99. The van der Waals surface area contributed by atoms with Crippen LogP contribution in [0, 0.1) is 6.57 Å². The van der Waals surface area contributed by atoms with Gasteiger partial charge in [-0.25, -0.2) is 0 Å². The summed E-state index contributed by atoms with van der Waals surface area (Å²) in [6.07, 6.45) is 0.928. The molecular weight excluding hydrogens is 134 g/mol. The number of rotatable bonds is 2. The average Bonchev–Trinajstić information content (AvgIpc) is 2.06. The molecule has 56 valence electrons. The van der Waals surface area contributed by atoms with Crippen LogP contribution >= 0.6 is 0 Å². The van der Waals surface area contributed by atoms with Gasteiger partial charge in [-0.1, -0.05) is 35.2 Å². The number of nitrogens with zero attached hydrogens (tertiary/aromatic N) is 1. The molecule has 1 unspecified atom stereocenters. The molecule has 1 rings (SSSR count). The summed E-state index contributed by atoms with van der Waals surface area (Å²) in [4.78, 5) is 3.68. The van der Waals surface area contributed by atoms with Gasteiger partial charge in [-0.05, 0) is 5.56 Å². The lowest BCUT2D eigenvalue weighted by Gasteiger charge is -1.95. The van der Waals surface area contributed by atoms with E-state index in [0.717, 1.165) is 6.42 Å². The third-order valence-electron chi connectivity index (χ3n) is 1.63. The second-order valence-corrected chi connectivity index (χ2v) is 2.69. The van der Waals surface area contributed by atoms with Crippen LogP contribution in [-0.2, 0) is 6.42 Å². The standard InChI is InChI=1S/C10H12N/c1-9(11-2)8-10-6-4-3-5-7-10/h2-7,9H,8H2,1H3/q+1. The lowest BCUT2D eigenvalue weighted by molar-refractivity contribution is 0.847. The quantitative estimate of drug-likeness (QED) is 0.604. The number of hydrogen-bond acceptors (Lipinski definition) is 0. The zero-order chi connectivity index (χ0) is 8.10. The van der Waals surface area contributed by atoms with Crippen molar-refractivity contribution < 1.29 is 0 Å². The molecule has 0 heterocycles. The monoisotopic (exact) mass is 146 g/mol. The highest BCUT2D eigenvalue weighted by atomic mass is 14.7. The molecule has 0 aliphatic rings. The number of hydrogen-bond donors (Lipinski definition) is 0. The third-order valence-corrected chi connectivity index (χ3v) is 1.63. The zero-order valence-electron chi connectivity index (χ0n) is 6.70. The highest BCUT2D eigenvalue weighted by Gasteiger charge is 2.07. The molecule has 0 spiro atoms. The van der Waals surface area contributed by atoms with E-state index in [2.05, 4.69) is 17.0 Å². The molecular formula is C10H12N+. The van der Waals surface area contributed by atoms with Crippen LogP contribution in [0.5, 0.6) is 0 Å². The van der Waals surface area contributed by atoms with E-state index in [1.165, 1.54) is 5.56 Å². The first-order valence-corrected chi connectivity index (χ1v) is 3.77. The predicted octanol–water partition coefficient (Wildman–Crippen LogP) is 2.58. The third kappa shape index (κ3) is 2.43. The fourth-order valence-electron chi connectivity index (χ4n) is 1.01. The van der Waals surface area contributed by atoms with E-state index in [4.69, 9.17) is 6.57 Å². The minimum atomic E-state index is 0.220. The zero-order valence-corrected chi connectivity index (χ0v) is 6.70. The molecule has 1 heteroatoms. The van der Waals surface area contributed by atoms with Crippen molar-refractivity contribution in [2.75, 3.05) is 0 Å². The maximum absolute atomic E-state index is 5.14. The van der Waals surface area contributed by atoms with E-state index in [-0.39, 0.29) is 6.04 Å². The van der Waals surface area contributed by atoms with Crippen molar-refractivity contribution in [2.45, 2.75) is 19.4 Å². The highest BCUT2D eigenvalue weighted by molar-refractivity contribution is 5.16. The Labute approximate surface area is 67.5 Å². The van der Waals surface area contributed by atoms with Crippen molar-refractivity contribution in [3.8, 4) is 6.57 Å². The molecule has 0 radical (unpaired) electrons. The van der Waals surface area contributed by atoms with Gasteiger partial charge >= 0.3 is 0 Å². The summed E-state index contributed by atoms with van der Waals surface area (Å²) in [6, 6.07) is 10.5. The molecule has 0 aromatic heterocycles. The van der Waals surface area contributed by atoms with E-state index in [1.807, 2.05) is 25.1 Å². The Morgan fingerprint density at radius 3 is 2.55 bits per heavy atom. The smallest absolute Gasteiger partial charge is 0.0836 e. The van der Waals surface area contributed by atoms with Crippen LogP contribution in [-0.4, -0.2) is 6.04 Å². The molecule has 1 nitrogen and oxygen atoms in total. The summed E-state index contributed by atoms with van der Waals surface area (Å²) < 4.78 is 0. The molecule has 0 bridgehead atoms. The van der Waals surface area contributed by atoms with Gasteiger partial charge in [0, 0.05) is 6.92 Å². The fraction of sp³-hybridized carbons (Fsp3) is 0.300. The SMILES string of the molecule is C#[N+]C(C)Cc1ccccc1. The van der Waals surface area contributed by atoms with Crippen LogP contribution in [0.25, 0.3) is 4.85 Å². The van der Waals surface area contributed by atoms with Gasteiger partial charge in [-0.2, -0.15) is 0 Å². The summed E-state index contributed by atoms with van der Waals surface area (Å²) in [5.74, 6) is 0. The van der Waals surface area contributed by atoms with Gasteiger partial charge in [-0.3, -0.25) is 0 Å². The summed E-state index contributed by atoms with van der Waals surface area (Å²) in [5, 5.41) is 0. The van der Waals surface area contributed by atoms with Crippen LogP contribution in [0.1, 0.15) is 12.5 Å². The van der Waals surface area contributed by atoms with Gasteiger partial charge in [0.05, 0.1) is 6.42 Å². The van der Waals surface area contributed by atoms with E-state index < -0.39 is 0 Å². The first-order valence-electron chi connectivity index (χ1n) is 3.77. The van der Waals surface area contributed by atoms with Crippen molar-refractivity contribution in [3.63, 3.8) is 0 Å². The maximum Gasteiger partial charge on any atom is 0.273 e. The van der Waals surface area contributed by atoms with E-state index in [9.17, 15) is 0 Å². The van der Waals surface area contributed by atoms with E-state index in [0.29, 0.717) is 0 Å². The highest BCUT2D eigenvalue weighted by Crippen LogP contribution is 2.04. The summed E-state index contributed by atoms with van der Waals surface area (Å²) in [6.45, 7) is 7.15. The van der Waals surface area contributed by atoms with Gasteiger partial charge in [0.2, 0.25) is 0 Å². The Bertz CT molecular complexity index is 245. The first kappa shape index (κ1) is 7.81. The predicted molar refractivity (Wildman–Crippen MR) is 47.9 cm³/mol. The minimum absolute atomic E-state index is 0.220. The van der Waals surface area contributed by atoms with Gasteiger partial charge in [-0.15, -0.1) is 0 Å². The van der Waals surface area contributed by atoms with Gasteiger partial charge in [0.25, 0.3) is 12.6 Å². The van der Waals surface area contributed by atoms with Gasteiger partial charge in [0.1, 0.15) is 0 Å². The molecule has 1 atom stereocenters. The summed E-state index contributed by atoms with van der Waals surface area (Å²) >= 11 is 0. The molecule has 0 aliphatic carbocycles. The van der Waals surface area contributed by atoms with Crippen LogP contribution < -0.4 is 0 Å². The average molecular weight is 146 g/mol. The van der Waals surface area contributed by atoms with E-state index in [1.54, 1.807) is 0 Å².